The zero-order chi connectivity index (χ0) is 11.8. The van der Waals surface area contributed by atoms with Crippen LogP contribution >= 0.6 is 23.2 Å². The number of nitrogens with one attached hydrogen (secondary N) is 1. The maximum absolute atomic E-state index is 6.01. The van der Waals surface area contributed by atoms with Gasteiger partial charge in [-0.15, -0.1) is 0 Å². The summed E-state index contributed by atoms with van der Waals surface area (Å²) in [4.78, 5) is 2.59. The molecule has 2 aliphatic heterocycles. The Morgan fingerprint density at radius 3 is 2.59 bits per heavy atom. The van der Waals surface area contributed by atoms with Crippen molar-refractivity contribution in [2.45, 2.75) is 31.3 Å². The summed E-state index contributed by atoms with van der Waals surface area (Å²) >= 11 is 12.0. The second kappa shape index (κ2) is 4.68. The Kier molecular flexibility index (Phi) is 3.20. The van der Waals surface area contributed by atoms with Crippen molar-refractivity contribution < 1.29 is 0 Å². The van der Waals surface area contributed by atoms with Gasteiger partial charge in [0.15, 0.2) is 0 Å². The Hall–Kier alpha value is -0.440. The molecule has 2 heterocycles. The van der Waals surface area contributed by atoms with E-state index in [0.717, 1.165) is 5.69 Å². The fraction of sp³-hybridized carbons (Fsp3) is 0.538. The van der Waals surface area contributed by atoms with Crippen LogP contribution in [0.4, 0.5) is 5.69 Å². The molecular weight excluding hydrogens is 255 g/mol. The molecule has 3 rings (SSSR count). The molecule has 0 radical (unpaired) electrons. The Bertz CT molecular complexity index is 402. The lowest BCUT2D eigenvalue weighted by Gasteiger charge is -2.22. The molecule has 1 N–H and O–H groups in total. The van der Waals surface area contributed by atoms with Gasteiger partial charge in [-0.2, -0.15) is 0 Å². The number of nitrogens with zero attached hydrogens (tertiary/aromatic N) is 1. The molecule has 92 valence electrons. The van der Waals surface area contributed by atoms with E-state index in [1.54, 1.807) is 6.07 Å². The highest BCUT2D eigenvalue weighted by Crippen LogP contribution is 2.31. The lowest BCUT2D eigenvalue weighted by molar-refractivity contribution is 0.318. The zero-order valence-corrected chi connectivity index (χ0v) is 11.1. The Labute approximate surface area is 112 Å². The predicted octanol–water partition coefficient (Wildman–Crippen LogP) is 3.64. The van der Waals surface area contributed by atoms with Gasteiger partial charge >= 0.3 is 0 Å². The van der Waals surface area contributed by atoms with Gasteiger partial charge in [0.05, 0.1) is 0 Å². The van der Waals surface area contributed by atoms with E-state index >= 15 is 0 Å². The second-order valence-corrected chi connectivity index (χ2v) is 5.82. The van der Waals surface area contributed by atoms with E-state index in [-0.39, 0.29) is 0 Å². The molecule has 0 amide bonds. The maximum Gasteiger partial charge on any atom is 0.0441 e. The Morgan fingerprint density at radius 1 is 1.06 bits per heavy atom. The van der Waals surface area contributed by atoms with Crippen molar-refractivity contribution in [3.8, 4) is 0 Å². The van der Waals surface area contributed by atoms with Gasteiger partial charge in [-0.1, -0.05) is 23.2 Å². The van der Waals surface area contributed by atoms with E-state index in [1.807, 2.05) is 12.1 Å². The van der Waals surface area contributed by atoms with Crippen LogP contribution in [0, 0.1) is 0 Å². The average Bonchev–Trinajstić information content (AvgIpc) is 2.81. The standard InChI is InChI=1S/C13H16Cl2N2/c14-9-6-10(15)8-11(7-9)16-12-3-5-17-4-1-2-13(12)17/h6-8,12-13,16H,1-5H2. The van der Waals surface area contributed by atoms with Crippen molar-refractivity contribution >= 4 is 28.9 Å². The number of benzene rings is 1. The second-order valence-electron chi connectivity index (χ2n) is 4.94. The normalized spacial score (nSPS) is 28.4. The molecule has 0 aromatic heterocycles. The van der Waals surface area contributed by atoms with Crippen molar-refractivity contribution in [2.75, 3.05) is 18.4 Å². The first kappa shape index (κ1) is 11.6. The number of hydrogen-bond donors (Lipinski definition) is 1. The van der Waals surface area contributed by atoms with Crippen molar-refractivity contribution in [3.05, 3.63) is 28.2 Å². The van der Waals surface area contributed by atoms with Gasteiger partial charge in [0.1, 0.15) is 0 Å². The minimum Gasteiger partial charge on any atom is -0.381 e. The van der Waals surface area contributed by atoms with Crippen LogP contribution in [0.25, 0.3) is 0 Å². The van der Waals surface area contributed by atoms with Crippen molar-refractivity contribution in [1.29, 1.82) is 0 Å². The lowest BCUT2D eigenvalue weighted by atomic mass is 10.1. The van der Waals surface area contributed by atoms with Crippen LogP contribution in [0.3, 0.4) is 0 Å². The lowest BCUT2D eigenvalue weighted by Crippen LogP contribution is -2.33. The molecule has 2 nitrogen and oxygen atoms in total. The van der Waals surface area contributed by atoms with Gasteiger partial charge < -0.3 is 5.32 Å². The van der Waals surface area contributed by atoms with Crippen LogP contribution in [-0.2, 0) is 0 Å². The van der Waals surface area contributed by atoms with Gasteiger partial charge in [0.25, 0.3) is 0 Å². The van der Waals surface area contributed by atoms with Gasteiger partial charge in [0.2, 0.25) is 0 Å². The third-order valence-electron chi connectivity index (χ3n) is 3.82. The third kappa shape index (κ3) is 2.40. The van der Waals surface area contributed by atoms with E-state index in [0.29, 0.717) is 22.1 Å². The van der Waals surface area contributed by atoms with Gasteiger partial charge in [-0.05, 0) is 44.0 Å². The molecule has 1 aromatic rings. The summed E-state index contributed by atoms with van der Waals surface area (Å²) in [5.74, 6) is 0. The number of anilines is 1. The maximum atomic E-state index is 6.01. The van der Waals surface area contributed by atoms with Gasteiger partial charge in [-0.25, -0.2) is 0 Å². The average molecular weight is 271 g/mol. The first-order chi connectivity index (χ1) is 8.22. The van der Waals surface area contributed by atoms with E-state index in [4.69, 9.17) is 23.2 Å². The minimum atomic E-state index is 0.548. The van der Waals surface area contributed by atoms with Crippen LogP contribution in [-0.4, -0.2) is 30.1 Å². The van der Waals surface area contributed by atoms with E-state index in [9.17, 15) is 0 Å². The molecule has 2 saturated heterocycles. The molecule has 2 atom stereocenters. The fourth-order valence-electron chi connectivity index (χ4n) is 3.10. The molecule has 2 fully saturated rings. The molecule has 1 aromatic carbocycles. The molecule has 4 heteroatoms. The fourth-order valence-corrected chi connectivity index (χ4v) is 3.63. The van der Waals surface area contributed by atoms with Gasteiger partial charge in [-0.3, -0.25) is 4.90 Å². The molecule has 2 aliphatic rings. The number of hydrogen-bond acceptors (Lipinski definition) is 2. The predicted molar refractivity (Wildman–Crippen MR) is 73.1 cm³/mol. The van der Waals surface area contributed by atoms with Gasteiger partial charge in [0, 0.05) is 34.4 Å². The molecule has 0 spiro atoms. The van der Waals surface area contributed by atoms with E-state index in [1.165, 1.54) is 32.4 Å². The highest BCUT2D eigenvalue weighted by molar-refractivity contribution is 6.35. The summed E-state index contributed by atoms with van der Waals surface area (Å²) in [7, 11) is 0. The largest absolute Gasteiger partial charge is 0.381 e. The molecule has 0 bridgehead atoms. The minimum absolute atomic E-state index is 0.548. The molecular formula is C13H16Cl2N2. The quantitative estimate of drug-likeness (QED) is 0.883. The van der Waals surface area contributed by atoms with Crippen LogP contribution in [0.15, 0.2) is 18.2 Å². The summed E-state index contributed by atoms with van der Waals surface area (Å²) in [5, 5.41) is 4.97. The van der Waals surface area contributed by atoms with Crippen LogP contribution in [0.2, 0.25) is 10.0 Å². The summed E-state index contributed by atoms with van der Waals surface area (Å²) in [6.45, 7) is 2.48. The summed E-state index contributed by atoms with van der Waals surface area (Å²) < 4.78 is 0. The molecule has 0 saturated carbocycles. The monoisotopic (exact) mass is 270 g/mol. The summed E-state index contributed by atoms with van der Waals surface area (Å²) in [5.41, 5.74) is 1.04. The van der Waals surface area contributed by atoms with Crippen molar-refractivity contribution in [3.63, 3.8) is 0 Å². The molecule has 2 unspecified atom stereocenters. The summed E-state index contributed by atoms with van der Waals surface area (Å²) in [6, 6.07) is 6.92. The number of halogens is 2. The van der Waals surface area contributed by atoms with E-state index in [2.05, 4.69) is 10.2 Å². The van der Waals surface area contributed by atoms with Crippen LogP contribution < -0.4 is 5.32 Å². The first-order valence-corrected chi connectivity index (χ1v) is 6.95. The number of fused-ring (bicyclic) bond motifs is 1. The highest BCUT2D eigenvalue weighted by Gasteiger charge is 2.36. The highest BCUT2D eigenvalue weighted by atomic mass is 35.5. The molecule has 17 heavy (non-hydrogen) atoms. The SMILES string of the molecule is Clc1cc(Cl)cc(NC2CCN3CCCC23)c1. The molecule has 0 aliphatic carbocycles. The third-order valence-corrected chi connectivity index (χ3v) is 4.26. The topological polar surface area (TPSA) is 15.3 Å². The van der Waals surface area contributed by atoms with Crippen molar-refractivity contribution in [1.82, 2.24) is 4.90 Å². The smallest absolute Gasteiger partial charge is 0.0441 e. The number of rotatable bonds is 2. The van der Waals surface area contributed by atoms with Crippen LogP contribution in [0.1, 0.15) is 19.3 Å². The Balaban J connectivity index is 1.74. The van der Waals surface area contributed by atoms with E-state index < -0.39 is 0 Å². The first-order valence-electron chi connectivity index (χ1n) is 6.19. The summed E-state index contributed by atoms with van der Waals surface area (Å²) in [6.07, 6.45) is 3.86. The Morgan fingerprint density at radius 2 is 1.82 bits per heavy atom. The van der Waals surface area contributed by atoms with Crippen molar-refractivity contribution in [2.24, 2.45) is 0 Å². The zero-order valence-electron chi connectivity index (χ0n) is 9.63. The van der Waals surface area contributed by atoms with Crippen LogP contribution in [0.5, 0.6) is 0 Å².